The molecule has 2 heteroatoms. The van der Waals surface area contributed by atoms with Crippen molar-refractivity contribution in [1.29, 1.82) is 0 Å². The smallest absolute Gasteiger partial charge is 0.0280 e. The van der Waals surface area contributed by atoms with Gasteiger partial charge in [-0.05, 0) is 31.4 Å². The summed E-state index contributed by atoms with van der Waals surface area (Å²) < 4.78 is 0. The van der Waals surface area contributed by atoms with Crippen molar-refractivity contribution >= 4 is 25.3 Å². The summed E-state index contributed by atoms with van der Waals surface area (Å²) in [5.41, 5.74) is 5.09. The number of rotatable bonds is 4. The molecule has 0 nitrogen and oxygen atoms in total. The monoisotopic (exact) mass is 288 g/mol. The third-order valence-corrected chi connectivity index (χ3v) is 4.39. The Morgan fingerprint density at radius 3 is 1.32 bits per heavy atom. The summed E-state index contributed by atoms with van der Waals surface area (Å²) in [6, 6.07) is 17.2. The van der Waals surface area contributed by atoms with E-state index in [1.54, 1.807) is 0 Å². The summed E-state index contributed by atoms with van der Waals surface area (Å²) in [5.74, 6) is 0. The van der Waals surface area contributed by atoms with Crippen LogP contribution >= 0.6 is 25.3 Å². The molecule has 0 aliphatic carbocycles. The van der Waals surface area contributed by atoms with Crippen LogP contribution in [0.15, 0.2) is 48.5 Å². The van der Waals surface area contributed by atoms with Crippen LogP contribution in [0, 0.1) is 13.8 Å². The molecule has 0 N–H and O–H groups in total. The second-order valence-corrected chi connectivity index (χ2v) is 6.34. The molecule has 0 saturated heterocycles. The van der Waals surface area contributed by atoms with Gasteiger partial charge in [0, 0.05) is 10.5 Å². The van der Waals surface area contributed by atoms with Crippen molar-refractivity contribution in [3.63, 3.8) is 0 Å². The van der Waals surface area contributed by atoms with E-state index in [0.717, 1.165) is 6.42 Å². The quantitative estimate of drug-likeness (QED) is 0.697. The van der Waals surface area contributed by atoms with Crippen molar-refractivity contribution in [2.75, 3.05) is 0 Å². The molecule has 0 fully saturated rings. The molecule has 2 rings (SSSR count). The number of aryl methyl sites for hydroxylation is 2. The van der Waals surface area contributed by atoms with Crippen LogP contribution in [-0.2, 0) is 0 Å². The zero-order valence-electron chi connectivity index (χ0n) is 11.4. The molecule has 2 aromatic carbocycles. The lowest BCUT2D eigenvalue weighted by Crippen LogP contribution is -1.98. The van der Waals surface area contributed by atoms with Crippen LogP contribution in [0.3, 0.4) is 0 Å². The Morgan fingerprint density at radius 2 is 1.00 bits per heavy atom. The maximum Gasteiger partial charge on any atom is 0.0280 e. The van der Waals surface area contributed by atoms with Crippen molar-refractivity contribution in [3.8, 4) is 0 Å². The minimum Gasteiger partial charge on any atom is -0.171 e. The van der Waals surface area contributed by atoms with Gasteiger partial charge in [0.15, 0.2) is 0 Å². The first-order valence-electron chi connectivity index (χ1n) is 6.55. The average molecular weight is 288 g/mol. The third kappa shape index (κ3) is 4.05. The van der Waals surface area contributed by atoms with Gasteiger partial charge in [-0.1, -0.05) is 59.7 Å². The summed E-state index contributed by atoms with van der Waals surface area (Å²) in [6.07, 6.45) is 0.929. The first kappa shape index (κ1) is 14.5. The second kappa shape index (κ2) is 6.53. The molecule has 19 heavy (non-hydrogen) atoms. The van der Waals surface area contributed by atoms with Crippen molar-refractivity contribution in [2.24, 2.45) is 0 Å². The molecule has 0 heterocycles. The van der Waals surface area contributed by atoms with Gasteiger partial charge in [-0.2, -0.15) is 25.3 Å². The summed E-state index contributed by atoms with van der Waals surface area (Å²) in [4.78, 5) is 0. The van der Waals surface area contributed by atoms with Crippen molar-refractivity contribution in [2.45, 2.75) is 30.8 Å². The Kier molecular flexibility index (Phi) is 5.00. The van der Waals surface area contributed by atoms with Crippen LogP contribution in [0.1, 0.15) is 39.2 Å². The Morgan fingerprint density at radius 1 is 0.684 bits per heavy atom. The largest absolute Gasteiger partial charge is 0.171 e. The van der Waals surface area contributed by atoms with Crippen molar-refractivity contribution in [3.05, 3.63) is 70.8 Å². The van der Waals surface area contributed by atoms with Crippen molar-refractivity contribution < 1.29 is 0 Å². The van der Waals surface area contributed by atoms with Gasteiger partial charge in [-0.15, -0.1) is 0 Å². The van der Waals surface area contributed by atoms with E-state index >= 15 is 0 Å². The first-order chi connectivity index (χ1) is 9.06. The summed E-state index contributed by atoms with van der Waals surface area (Å²) >= 11 is 9.43. The van der Waals surface area contributed by atoms with Gasteiger partial charge in [-0.25, -0.2) is 0 Å². The Hall–Kier alpha value is -0.860. The molecular weight excluding hydrogens is 268 g/mol. The van der Waals surface area contributed by atoms with Gasteiger partial charge < -0.3 is 0 Å². The predicted octanol–water partition coefficient (Wildman–Crippen LogP) is 5.34. The highest BCUT2D eigenvalue weighted by Gasteiger charge is 2.13. The molecule has 0 spiro atoms. The van der Waals surface area contributed by atoms with Gasteiger partial charge in [0.1, 0.15) is 0 Å². The van der Waals surface area contributed by atoms with Crippen molar-refractivity contribution in [1.82, 2.24) is 0 Å². The molecule has 0 aliphatic rings. The SMILES string of the molecule is Cc1ccc(C(S)CC(S)c2ccc(C)cc2)cc1. The summed E-state index contributed by atoms with van der Waals surface area (Å²) in [7, 11) is 0. The zero-order chi connectivity index (χ0) is 13.8. The van der Waals surface area contributed by atoms with Crippen LogP contribution in [0.25, 0.3) is 0 Å². The molecule has 0 amide bonds. The fourth-order valence-corrected chi connectivity index (χ4v) is 2.99. The number of hydrogen-bond donors (Lipinski definition) is 2. The normalized spacial score (nSPS) is 14.1. The van der Waals surface area contributed by atoms with Gasteiger partial charge in [-0.3, -0.25) is 0 Å². The van der Waals surface area contributed by atoms with Gasteiger partial charge in [0.2, 0.25) is 0 Å². The second-order valence-electron chi connectivity index (χ2n) is 5.09. The van der Waals surface area contributed by atoms with Crippen LogP contribution in [0.4, 0.5) is 0 Å². The Balaban J connectivity index is 2.03. The standard InChI is InChI=1S/C17H20S2/c1-12-3-7-14(8-4-12)16(18)11-17(19)15-9-5-13(2)6-10-15/h3-10,16-19H,11H2,1-2H3. The molecule has 0 aliphatic heterocycles. The number of benzene rings is 2. The lowest BCUT2D eigenvalue weighted by Gasteiger charge is -2.17. The highest BCUT2D eigenvalue weighted by molar-refractivity contribution is 7.81. The average Bonchev–Trinajstić information content (AvgIpc) is 2.40. The fraction of sp³-hybridized carbons (Fsp3) is 0.294. The molecular formula is C17H20S2. The van der Waals surface area contributed by atoms with E-state index in [0.29, 0.717) is 0 Å². The molecule has 0 bridgehead atoms. The molecule has 2 aromatic rings. The first-order valence-corrected chi connectivity index (χ1v) is 7.59. The lowest BCUT2D eigenvalue weighted by atomic mass is 10.0. The predicted molar refractivity (Wildman–Crippen MR) is 90.4 cm³/mol. The Bertz CT molecular complexity index is 464. The molecule has 2 unspecified atom stereocenters. The summed E-state index contributed by atoms with van der Waals surface area (Å²) in [5, 5.41) is 0.453. The molecule has 0 saturated carbocycles. The fourth-order valence-electron chi connectivity index (χ4n) is 2.06. The van der Waals surface area contributed by atoms with Crippen LogP contribution < -0.4 is 0 Å². The van der Waals surface area contributed by atoms with E-state index in [4.69, 9.17) is 25.3 Å². The van der Waals surface area contributed by atoms with Gasteiger partial charge >= 0.3 is 0 Å². The minimum atomic E-state index is 0.226. The lowest BCUT2D eigenvalue weighted by molar-refractivity contribution is 0.794. The van der Waals surface area contributed by atoms with Crippen LogP contribution in [0.2, 0.25) is 0 Å². The maximum absolute atomic E-state index is 4.71. The topological polar surface area (TPSA) is 0 Å². The van der Waals surface area contributed by atoms with Gasteiger partial charge in [0.25, 0.3) is 0 Å². The van der Waals surface area contributed by atoms with Gasteiger partial charge in [0.05, 0.1) is 0 Å². The Labute approximate surface area is 127 Å². The molecule has 0 radical (unpaired) electrons. The highest BCUT2D eigenvalue weighted by Crippen LogP contribution is 2.34. The molecule has 100 valence electrons. The molecule has 2 atom stereocenters. The van der Waals surface area contributed by atoms with E-state index in [2.05, 4.69) is 62.4 Å². The van der Waals surface area contributed by atoms with E-state index in [-0.39, 0.29) is 10.5 Å². The van der Waals surface area contributed by atoms with E-state index in [1.165, 1.54) is 22.3 Å². The number of thiol groups is 2. The molecule has 0 aromatic heterocycles. The van der Waals surface area contributed by atoms with E-state index in [1.807, 2.05) is 0 Å². The number of hydrogen-bond acceptors (Lipinski definition) is 2. The zero-order valence-corrected chi connectivity index (χ0v) is 13.2. The maximum atomic E-state index is 4.71. The van der Waals surface area contributed by atoms with Crippen LogP contribution in [-0.4, -0.2) is 0 Å². The highest BCUT2D eigenvalue weighted by atomic mass is 32.1. The minimum absolute atomic E-state index is 0.226. The third-order valence-electron chi connectivity index (χ3n) is 3.37. The van der Waals surface area contributed by atoms with E-state index < -0.39 is 0 Å². The van der Waals surface area contributed by atoms with Crippen LogP contribution in [0.5, 0.6) is 0 Å². The van der Waals surface area contributed by atoms with E-state index in [9.17, 15) is 0 Å². The summed E-state index contributed by atoms with van der Waals surface area (Å²) in [6.45, 7) is 4.20.